The number of carbonyl (C=O) groups is 1. The highest BCUT2D eigenvalue weighted by Crippen LogP contribution is 2.48. The Kier molecular flexibility index (Phi) is 3.44. The van der Waals surface area contributed by atoms with Crippen LogP contribution in [0.2, 0.25) is 0 Å². The van der Waals surface area contributed by atoms with Gasteiger partial charge in [0.1, 0.15) is 0 Å². The number of para-hydroxylation sites is 2. The SMILES string of the molecule is O=C(C(Cl)Cl)N1c2ccccc2Sc2ccccc21. The molecule has 0 saturated heterocycles. The number of nitrogens with zero attached hydrogens (tertiary/aromatic N) is 1. The lowest BCUT2D eigenvalue weighted by Gasteiger charge is -2.31. The third kappa shape index (κ3) is 2.22. The van der Waals surface area contributed by atoms with Crippen LogP contribution in [0.15, 0.2) is 58.3 Å². The monoisotopic (exact) mass is 309 g/mol. The standard InChI is InChI=1S/C14H9Cl2NOS/c15-13(16)14(18)17-9-5-1-3-7-11(9)19-12-8-4-2-6-10(12)17/h1-8,13H. The minimum Gasteiger partial charge on any atom is -0.276 e. The molecular formula is C14H9Cl2NOS. The molecule has 0 fully saturated rings. The van der Waals surface area contributed by atoms with E-state index in [1.54, 1.807) is 16.7 Å². The summed E-state index contributed by atoms with van der Waals surface area (Å²) in [6, 6.07) is 15.4. The number of alkyl halides is 2. The van der Waals surface area contributed by atoms with Crippen molar-refractivity contribution >= 4 is 52.2 Å². The van der Waals surface area contributed by atoms with Crippen LogP contribution in [0.4, 0.5) is 11.4 Å². The highest BCUT2D eigenvalue weighted by atomic mass is 35.5. The minimum atomic E-state index is -1.08. The molecule has 1 heterocycles. The van der Waals surface area contributed by atoms with Gasteiger partial charge in [-0.25, -0.2) is 0 Å². The smallest absolute Gasteiger partial charge is 0.264 e. The summed E-state index contributed by atoms with van der Waals surface area (Å²) in [4.78, 5) is 14.8. The van der Waals surface area contributed by atoms with Gasteiger partial charge >= 0.3 is 0 Å². The minimum absolute atomic E-state index is 0.330. The first-order chi connectivity index (χ1) is 9.18. The predicted molar refractivity (Wildman–Crippen MR) is 79.6 cm³/mol. The van der Waals surface area contributed by atoms with Crippen LogP contribution in [-0.4, -0.2) is 10.7 Å². The molecule has 1 aliphatic heterocycles. The number of benzene rings is 2. The topological polar surface area (TPSA) is 20.3 Å². The average molecular weight is 310 g/mol. The maximum atomic E-state index is 12.3. The maximum Gasteiger partial charge on any atom is 0.264 e. The number of amides is 1. The second-order valence-corrected chi connectivity index (χ2v) is 6.19. The number of hydrogen-bond acceptors (Lipinski definition) is 2. The molecule has 0 aliphatic carbocycles. The summed E-state index contributed by atoms with van der Waals surface area (Å²) < 4.78 is 0. The normalized spacial score (nSPS) is 13.1. The van der Waals surface area contributed by atoms with Gasteiger partial charge in [0.15, 0.2) is 4.84 Å². The van der Waals surface area contributed by atoms with Gasteiger partial charge in [0.25, 0.3) is 5.91 Å². The van der Waals surface area contributed by atoms with Crippen LogP contribution < -0.4 is 4.90 Å². The second-order valence-electron chi connectivity index (χ2n) is 4.01. The van der Waals surface area contributed by atoms with E-state index in [1.165, 1.54) is 0 Å². The summed E-state index contributed by atoms with van der Waals surface area (Å²) in [5.74, 6) is -0.330. The van der Waals surface area contributed by atoms with Gasteiger partial charge in [0.05, 0.1) is 11.4 Å². The van der Waals surface area contributed by atoms with E-state index < -0.39 is 4.84 Å². The molecule has 0 spiro atoms. The number of carbonyl (C=O) groups excluding carboxylic acids is 1. The zero-order valence-electron chi connectivity index (χ0n) is 9.72. The Morgan fingerprint density at radius 1 is 0.947 bits per heavy atom. The third-order valence-corrected chi connectivity index (χ3v) is 4.34. The van der Waals surface area contributed by atoms with Gasteiger partial charge in [0, 0.05) is 9.79 Å². The van der Waals surface area contributed by atoms with Gasteiger partial charge in [0.2, 0.25) is 0 Å². The summed E-state index contributed by atoms with van der Waals surface area (Å²) in [7, 11) is 0. The van der Waals surface area contributed by atoms with E-state index in [9.17, 15) is 4.79 Å². The first-order valence-electron chi connectivity index (χ1n) is 5.66. The Hall–Kier alpha value is -1.16. The summed E-state index contributed by atoms with van der Waals surface area (Å²) in [5, 5.41) is 0. The summed E-state index contributed by atoms with van der Waals surface area (Å²) >= 11 is 13.2. The van der Waals surface area contributed by atoms with E-state index in [-0.39, 0.29) is 5.91 Å². The molecule has 0 aromatic heterocycles. The lowest BCUT2D eigenvalue weighted by Crippen LogP contribution is -2.32. The Morgan fingerprint density at radius 3 is 1.89 bits per heavy atom. The van der Waals surface area contributed by atoms with E-state index in [2.05, 4.69) is 0 Å². The van der Waals surface area contributed by atoms with E-state index in [1.807, 2.05) is 48.5 Å². The molecular weight excluding hydrogens is 301 g/mol. The number of anilines is 2. The largest absolute Gasteiger partial charge is 0.276 e. The lowest BCUT2D eigenvalue weighted by atomic mass is 10.2. The summed E-state index contributed by atoms with van der Waals surface area (Å²) in [6.07, 6.45) is 0. The van der Waals surface area contributed by atoms with Gasteiger partial charge in [-0.2, -0.15) is 0 Å². The third-order valence-electron chi connectivity index (χ3n) is 2.84. The summed E-state index contributed by atoms with van der Waals surface area (Å²) in [5.41, 5.74) is 1.64. The molecule has 0 saturated carbocycles. The molecule has 1 amide bonds. The summed E-state index contributed by atoms with van der Waals surface area (Å²) in [6.45, 7) is 0. The van der Waals surface area contributed by atoms with E-state index in [4.69, 9.17) is 23.2 Å². The fourth-order valence-corrected chi connectivity index (χ4v) is 3.29. The van der Waals surface area contributed by atoms with Crippen LogP contribution in [0.25, 0.3) is 0 Å². The fraction of sp³-hybridized carbons (Fsp3) is 0.0714. The Bertz CT molecular complexity index is 599. The van der Waals surface area contributed by atoms with Crippen molar-refractivity contribution < 1.29 is 4.79 Å². The van der Waals surface area contributed by atoms with Crippen molar-refractivity contribution in [2.24, 2.45) is 0 Å². The molecule has 96 valence electrons. The first-order valence-corrected chi connectivity index (χ1v) is 7.35. The predicted octanol–water partition coefficient (Wildman–Crippen LogP) is 4.62. The highest BCUT2D eigenvalue weighted by molar-refractivity contribution is 7.99. The second kappa shape index (κ2) is 5.08. The van der Waals surface area contributed by atoms with Crippen molar-refractivity contribution in [3.8, 4) is 0 Å². The van der Waals surface area contributed by atoms with Gasteiger partial charge in [-0.15, -0.1) is 0 Å². The molecule has 0 N–H and O–H groups in total. The van der Waals surface area contributed by atoms with Crippen molar-refractivity contribution in [2.75, 3.05) is 4.90 Å². The van der Waals surface area contributed by atoms with Crippen molar-refractivity contribution in [3.05, 3.63) is 48.5 Å². The van der Waals surface area contributed by atoms with Crippen LogP contribution in [0.3, 0.4) is 0 Å². The van der Waals surface area contributed by atoms with Crippen molar-refractivity contribution in [1.82, 2.24) is 0 Å². The Morgan fingerprint density at radius 2 is 1.42 bits per heavy atom. The highest BCUT2D eigenvalue weighted by Gasteiger charge is 2.30. The molecule has 1 aliphatic rings. The lowest BCUT2D eigenvalue weighted by molar-refractivity contribution is -0.116. The maximum absolute atomic E-state index is 12.3. The Labute approximate surface area is 125 Å². The molecule has 2 nitrogen and oxygen atoms in total. The van der Waals surface area contributed by atoms with Gasteiger partial charge < -0.3 is 0 Å². The number of fused-ring (bicyclic) bond motifs is 2. The van der Waals surface area contributed by atoms with Crippen molar-refractivity contribution in [3.63, 3.8) is 0 Å². The Balaban J connectivity index is 2.19. The zero-order valence-corrected chi connectivity index (χ0v) is 12.0. The quantitative estimate of drug-likeness (QED) is 0.716. The van der Waals surface area contributed by atoms with Crippen LogP contribution in [0, 0.1) is 0 Å². The van der Waals surface area contributed by atoms with Crippen LogP contribution >= 0.6 is 35.0 Å². The van der Waals surface area contributed by atoms with Crippen LogP contribution in [0.5, 0.6) is 0 Å². The van der Waals surface area contributed by atoms with Crippen LogP contribution in [0.1, 0.15) is 0 Å². The number of halogens is 2. The molecule has 0 radical (unpaired) electrons. The molecule has 3 rings (SSSR count). The molecule has 0 bridgehead atoms. The van der Waals surface area contributed by atoms with E-state index >= 15 is 0 Å². The number of hydrogen-bond donors (Lipinski definition) is 0. The molecule has 2 aromatic rings. The molecule has 19 heavy (non-hydrogen) atoms. The van der Waals surface area contributed by atoms with Gasteiger partial charge in [-0.3, -0.25) is 9.69 Å². The average Bonchev–Trinajstić information content (AvgIpc) is 2.43. The first kappa shape index (κ1) is 12.9. The zero-order chi connectivity index (χ0) is 13.4. The van der Waals surface area contributed by atoms with E-state index in [0.29, 0.717) is 0 Å². The van der Waals surface area contributed by atoms with Gasteiger partial charge in [-0.05, 0) is 24.3 Å². The number of rotatable bonds is 1. The molecule has 0 unspecified atom stereocenters. The van der Waals surface area contributed by atoms with Crippen molar-refractivity contribution in [2.45, 2.75) is 14.6 Å². The van der Waals surface area contributed by atoms with E-state index in [0.717, 1.165) is 21.2 Å². The molecule has 2 aromatic carbocycles. The van der Waals surface area contributed by atoms with Gasteiger partial charge in [-0.1, -0.05) is 59.2 Å². The van der Waals surface area contributed by atoms with Crippen LogP contribution in [-0.2, 0) is 4.79 Å². The van der Waals surface area contributed by atoms with Crippen molar-refractivity contribution in [1.29, 1.82) is 0 Å². The fourth-order valence-electron chi connectivity index (χ4n) is 2.04. The molecule has 5 heteroatoms. The molecule has 0 atom stereocenters.